The van der Waals surface area contributed by atoms with Crippen LogP contribution in [0.2, 0.25) is 0 Å². The van der Waals surface area contributed by atoms with Crippen LogP contribution < -0.4 is 5.73 Å². The Hall–Kier alpha value is -1.81. The third-order valence-electron chi connectivity index (χ3n) is 3.16. The number of fused-ring (bicyclic) bond motifs is 1. The van der Waals surface area contributed by atoms with Gasteiger partial charge in [-0.2, -0.15) is 0 Å². The summed E-state index contributed by atoms with van der Waals surface area (Å²) in [7, 11) is 0. The third kappa shape index (κ3) is 2.31. The van der Waals surface area contributed by atoms with Gasteiger partial charge in [-0.3, -0.25) is 4.79 Å². The molecule has 4 nitrogen and oxygen atoms in total. The van der Waals surface area contributed by atoms with Crippen LogP contribution in [0.15, 0.2) is 30.5 Å². The summed E-state index contributed by atoms with van der Waals surface area (Å²) in [5, 5.41) is 10.0. The van der Waals surface area contributed by atoms with Gasteiger partial charge in [0.2, 0.25) is 0 Å². The Bertz CT molecular complexity index is 533. The van der Waals surface area contributed by atoms with E-state index in [-0.39, 0.29) is 6.04 Å². The van der Waals surface area contributed by atoms with Crippen molar-refractivity contribution in [2.24, 2.45) is 11.7 Å². The molecule has 0 amide bonds. The first-order valence-corrected chi connectivity index (χ1v) is 5.63. The number of aromatic nitrogens is 1. The molecule has 0 saturated carbocycles. The number of nitrogens with one attached hydrogen (secondary N) is 1. The number of para-hydroxylation sites is 1. The highest BCUT2D eigenvalue weighted by Gasteiger charge is 2.20. The Morgan fingerprint density at radius 1 is 1.47 bits per heavy atom. The molecule has 0 bridgehead atoms. The molecule has 4 heteroatoms. The molecular weight excluding hydrogens is 216 g/mol. The Morgan fingerprint density at radius 3 is 2.88 bits per heavy atom. The van der Waals surface area contributed by atoms with Crippen LogP contribution in [0.3, 0.4) is 0 Å². The van der Waals surface area contributed by atoms with Crippen molar-refractivity contribution in [3.8, 4) is 0 Å². The van der Waals surface area contributed by atoms with E-state index < -0.39 is 11.9 Å². The highest BCUT2D eigenvalue weighted by atomic mass is 16.4. The number of benzene rings is 1. The summed E-state index contributed by atoms with van der Waals surface area (Å²) >= 11 is 0. The minimum atomic E-state index is -0.850. The van der Waals surface area contributed by atoms with Crippen molar-refractivity contribution in [1.82, 2.24) is 4.98 Å². The van der Waals surface area contributed by atoms with Crippen molar-refractivity contribution in [3.63, 3.8) is 0 Å². The van der Waals surface area contributed by atoms with E-state index >= 15 is 0 Å². The molecule has 1 unspecified atom stereocenters. The summed E-state index contributed by atoms with van der Waals surface area (Å²) in [5.74, 6) is -1.39. The summed E-state index contributed by atoms with van der Waals surface area (Å²) in [6.45, 7) is 1.64. The molecule has 1 aromatic carbocycles. The molecule has 0 spiro atoms. The number of aliphatic carboxylic acids is 1. The highest BCUT2D eigenvalue weighted by molar-refractivity contribution is 5.83. The van der Waals surface area contributed by atoms with Crippen molar-refractivity contribution in [3.05, 3.63) is 36.0 Å². The summed E-state index contributed by atoms with van der Waals surface area (Å²) in [4.78, 5) is 14.0. The zero-order valence-electron chi connectivity index (χ0n) is 9.68. The van der Waals surface area contributed by atoms with E-state index in [4.69, 9.17) is 10.8 Å². The largest absolute Gasteiger partial charge is 0.481 e. The van der Waals surface area contributed by atoms with Crippen LogP contribution in [0, 0.1) is 5.92 Å². The standard InChI is InChI=1S/C13H16N2O2/c1-8(13(16)17)11(14)6-9-7-15-12-5-3-2-4-10(9)12/h2-5,7-8,11,15H,6,14H2,1H3,(H,16,17)/t8?,11-/m0/s1. The molecule has 0 fully saturated rings. The molecule has 0 aliphatic heterocycles. The smallest absolute Gasteiger partial charge is 0.307 e. The minimum absolute atomic E-state index is 0.369. The second-order valence-corrected chi connectivity index (χ2v) is 4.35. The highest BCUT2D eigenvalue weighted by Crippen LogP contribution is 2.20. The van der Waals surface area contributed by atoms with Gasteiger partial charge in [-0.15, -0.1) is 0 Å². The molecule has 90 valence electrons. The van der Waals surface area contributed by atoms with E-state index in [1.807, 2.05) is 30.5 Å². The van der Waals surface area contributed by atoms with Gasteiger partial charge in [0.15, 0.2) is 0 Å². The summed E-state index contributed by atoms with van der Waals surface area (Å²) in [6.07, 6.45) is 2.47. The van der Waals surface area contributed by atoms with Gasteiger partial charge in [-0.25, -0.2) is 0 Å². The second kappa shape index (κ2) is 4.59. The predicted molar refractivity (Wildman–Crippen MR) is 66.8 cm³/mol. The van der Waals surface area contributed by atoms with E-state index in [1.165, 1.54) is 0 Å². The molecule has 1 aromatic heterocycles. The molecule has 2 aromatic rings. The van der Waals surface area contributed by atoms with E-state index in [9.17, 15) is 4.79 Å². The first-order chi connectivity index (χ1) is 8.09. The quantitative estimate of drug-likeness (QED) is 0.751. The predicted octanol–water partition coefficient (Wildman–Crippen LogP) is 1.76. The first-order valence-electron chi connectivity index (χ1n) is 5.63. The summed E-state index contributed by atoms with van der Waals surface area (Å²) in [5.41, 5.74) is 8.03. The molecule has 0 aliphatic carbocycles. The van der Waals surface area contributed by atoms with Gasteiger partial charge in [-0.05, 0) is 18.1 Å². The zero-order valence-corrected chi connectivity index (χ0v) is 9.68. The van der Waals surface area contributed by atoms with Crippen molar-refractivity contribution in [2.75, 3.05) is 0 Å². The maximum Gasteiger partial charge on any atom is 0.307 e. The molecule has 0 radical (unpaired) electrons. The zero-order chi connectivity index (χ0) is 12.4. The lowest BCUT2D eigenvalue weighted by atomic mass is 9.96. The Morgan fingerprint density at radius 2 is 2.18 bits per heavy atom. The maximum atomic E-state index is 10.8. The average Bonchev–Trinajstić information content (AvgIpc) is 2.71. The Kier molecular flexibility index (Phi) is 3.15. The lowest BCUT2D eigenvalue weighted by Crippen LogP contribution is -2.35. The summed E-state index contributed by atoms with van der Waals surface area (Å²) in [6, 6.07) is 7.56. The second-order valence-electron chi connectivity index (χ2n) is 4.35. The van der Waals surface area contributed by atoms with Crippen LogP contribution in [0.25, 0.3) is 10.9 Å². The van der Waals surface area contributed by atoms with Crippen LogP contribution in [-0.2, 0) is 11.2 Å². The monoisotopic (exact) mass is 232 g/mol. The van der Waals surface area contributed by atoms with Crippen molar-refractivity contribution >= 4 is 16.9 Å². The van der Waals surface area contributed by atoms with Gasteiger partial charge in [0.1, 0.15) is 0 Å². The maximum absolute atomic E-state index is 10.8. The molecule has 2 rings (SSSR count). The Balaban J connectivity index is 2.21. The number of carboxylic acids is 1. The fraction of sp³-hybridized carbons (Fsp3) is 0.308. The number of H-pyrrole nitrogens is 1. The summed E-state index contributed by atoms with van der Waals surface area (Å²) < 4.78 is 0. The fourth-order valence-electron chi connectivity index (χ4n) is 1.91. The van der Waals surface area contributed by atoms with Crippen LogP contribution in [0.1, 0.15) is 12.5 Å². The number of rotatable bonds is 4. The van der Waals surface area contributed by atoms with Crippen LogP contribution in [0.5, 0.6) is 0 Å². The van der Waals surface area contributed by atoms with Crippen LogP contribution >= 0.6 is 0 Å². The minimum Gasteiger partial charge on any atom is -0.481 e. The van der Waals surface area contributed by atoms with Gasteiger partial charge in [0.25, 0.3) is 0 Å². The normalized spacial score (nSPS) is 14.7. The average molecular weight is 232 g/mol. The number of aromatic amines is 1. The van der Waals surface area contributed by atoms with E-state index in [2.05, 4.69) is 4.98 Å². The SMILES string of the molecule is CC(C(=O)O)[C@@H](N)Cc1c[nH]c2ccccc12. The van der Waals surface area contributed by atoms with E-state index in [0.717, 1.165) is 16.5 Å². The number of nitrogens with two attached hydrogens (primary N) is 1. The molecule has 17 heavy (non-hydrogen) atoms. The number of carboxylic acid groups (broad SMARTS) is 1. The number of hydrogen-bond donors (Lipinski definition) is 3. The van der Waals surface area contributed by atoms with Crippen molar-refractivity contribution in [1.29, 1.82) is 0 Å². The van der Waals surface area contributed by atoms with E-state index in [0.29, 0.717) is 6.42 Å². The Labute approximate surface area is 99.4 Å². The van der Waals surface area contributed by atoms with Crippen molar-refractivity contribution < 1.29 is 9.90 Å². The molecule has 1 heterocycles. The van der Waals surface area contributed by atoms with Gasteiger partial charge in [0.05, 0.1) is 5.92 Å². The van der Waals surface area contributed by atoms with Gasteiger partial charge >= 0.3 is 5.97 Å². The lowest BCUT2D eigenvalue weighted by Gasteiger charge is -2.15. The number of carbonyl (C=O) groups is 1. The lowest BCUT2D eigenvalue weighted by molar-refractivity contribution is -0.141. The van der Waals surface area contributed by atoms with Gasteiger partial charge < -0.3 is 15.8 Å². The molecule has 0 saturated heterocycles. The molecule has 2 atom stereocenters. The van der Waals surface area contributed by atoms with Gasteiger partial charge in [0, 0.05) is 23.1 Å². The van der Waals surface area contributed by atoms with Crippen LogP contribution in [-0.4, -0.2) is 22.1 Å². The topological polar surface area (TPSA) is 79.1 Å². The fourth-order valence-corrected chi connectivity index (χ4v) is 1.91. The molecule has 4 N–H and O–H groups in total. The molecule has 0 aliphatic rings. The van der Waals surface area contributed by atoms with Gasteiger partial charge in [-0.1, -0.05) is 25.1 Å². The van der Waals surface area contributed by atoms with Crippen molar-refractivity contribution in [2.45, 2.75) is 19.4 Å². The third-order valence-corrected chi connectivity index (χ3v) is 3.16. The molecular formula is C13H16N2O2. The van der Waals surface area contributed by atoms with E-state index in [1.54, 1.807) is 6.92 Å². The van der Waals surface area contributed by atoms with Crippen LogP contribution in [0.4, 0.5) is 0 Å². The number of hydrogen-bond acceptors (Lipinski definition) is 2. The first kappa shape index (κ1) is 11.7.